The van der Waals surface area contributed by atoms with E-state index in [0.29, 0.717) is 17.3 Å². The molecule has 0 saturated carbocycles. The summed E-state index contributed by atoms with van der Waals surface area (Å²) in [7, 11) is 0. The van der Waals surface area contributed by atoms with Crippen molar-refractivity contribution in [2.24, 2.45) is 0 Å². The van der Waals surface area contributed by atoms with E-state index in [2.05, 4.69) is 10.2 Å². The summed E-state index contributed by atoms with van der Waals surface area (Å²) < 4.78 is 15.3. The quantitative estimate of drug-likeness (QED) is 0.899. The first-order valence-corrected chi connectivity index (χ1v) is 6.65. The van der Waals surface area contributed by atoms with E-state index >= 15 is 0 Å². The molecule has 0 aliphatic rings. The van der Waals surface area contributed by atoms with E-state index in [0.717, 1.165) is 11.8 Å². The van der Waals surface area contributed by atoms with E-state index in [-0.39, 0.29) is 10.6 Å². The van der Waals surface area contributed by atoms with Gasteiger partial charge in [-0.1, -0.05) is 12.1 Å². The lowest BCUT2D eigenvalue weighted by Gasteiger charge is -2.12. The van der Waals surface area contributed by atoms with E-state index in [1.165, 1.54) is 10.6 Å². The summed E-state index contributed by atoms with van der Waals surface area (Å²) in [5.74, 6) is -0.443. The molecule has 102 valence electrons. The van der Waals surface area contributed by atoms with Gasteiger partial charge in [0.2, 0.25) is 0 Å². The summed E-state index contributed by atoms with van der Waals surface area (Å²) in [5.41, 5.74) is 0.142. The summed E-state index contributed by atoms with van der Waals surface area (Å²) in [6.07, 6.45) is -0.793. The zero-order chi connectivity index (χ0) is 14.0. The molecule has 0 amide bonds. The number of H-pyrrole nitrogens is 1. The molecule has 5 nitrogen and oxygen atoms in total. The van der Waals surface area contributed by atoms with Gasteiger partial charge >= 0.3 is 5.69 Å². The molecule has 7 heteroatoms. The maximum Gasteiger partial charge on any atom is 0.343 e. The third-order valence-electron chi connectivity index (χ3n) is 2.68. The molecule has 2 rings (SSSR count). The first-order valence-electron chi connectivity index (χ1n) is 5.84. The predicted molar refractivity (Wildman–Crippen MR) is 69.7 cm³/mol. The lowest BCUT2D eigenvalue weighted by atomic mass is 10.1. The van der Waals surface area contributed by atoms with Crippen molar-refractivity contribution < 1.29 is 9.50 Å². The van der Waals surface area contributed by atoms with Crippen LogP contribution in [0.5, 0.6) is 0 Å². The molecule has 0 spiro atoms. The minimum atomic E-state index is -0.793. The highest BCUT2D eigenvalue weighted by Crippen LogP contribution is 2.33. The van der Waals surface area contributed by atoms with E-state index in [4.69, 9.17) is 0 Å². The topological polar surface area (TPSA) is 70.9 Å². The number of aromatic nitrogens is 3. The Morgan fingerprint density at radius 1 is 1.58 bits per heavy atom. The van der Waals surface area contributed by atoms with Gasteiger partial charge in [0.15, 0.2) is 5.16 Å². The van der Waals surface area contributed by atoms with Crippen LogP contribution in [0.2, 0.25) is 0 Å². The zero-order valence-electron chi connectivity index (χ0n) is 10.6. The Hall–Kier alpha value is -1.60. The van der Waals surface area contributed by atoms with Crippen LogP contribution in [0.25, 0.3) is 0 Å². The molecule has 2 N–H and O–H groups in total. The average molecular weight is 283 g/mol. The fourth-order valence-corrected chi connectivity index (χ4v) is 2.83. The predicted octanol–water partition coefficient (Wildman–Crippen LogP) is 1.93. The summed E-state index contributed by atoms with van der Waals surface area (Å²) in [4.78, 5) is 11.7. The Morgan fingerprint density at radius 3 is 2.95 bits per heavy atom. The largest absolute Gasteiger partial charge is 0.389 e. The van der Waals surface area contributed by atoms with Gasteiger partial charge in [0, 0.05) is 6.54 Å². The molecule has 2 aromatic rings. The number of aromatic amines is 1. The first-order chi connectivity index (χ1) is 9.04. The van der Waals surface area contributed by atoms with Crippen molar-refractivity contribution >= 4 is 11.8 Å². The lowest BCUT2D eigenvalue weighted by Crippen LogP contribution is -2.16. The zero-order valence-corrected chi connectivity index (χ0v) is 11.4. The van der Waals surface area contributed by atoms with Gasteiger partial charge in [-0.05, 0) is 37.2 Å². The van der Waals surface area contributed by atoms with Gasteiger partial charge in [0.05, 0.1) is 11.0 Å². The maximum atomic E-state index is 13.9. The van der Waals surface area contributed by atoms with E-state index in [9.17, 15) is 14.3 Å². The van der Waals surface area contributed by atoms with Gasteiger partial charge in [-0.2, -0.15) is 0 Å². The average Bonchev–Trinajstić information content (AvgIpc) is 2.72. The molecule has 0 fully saturated rings. The minimum Gasteiger partial charge on any atom is -0.389 e. The number of hydrogen-bond acceptors (Lipinski definition) is 4. The number of nitrogens with one attached hydrogen (secondary N) is 1. The van der Waals surface area contributed by atoms with Crippen LogP contribution >= 0.6 is 11.8 Å². The van der Waals surface area contributed by atoms with Crippen LogP contribution in [-0.4, -0.2) is 19.9 Å². The fourth-order valence-electron chi connectivity index (χ4n) is 1.71. The number of aliphatic hydroxyl groups excluding tert-OH is 1. The third kappa shape index (κ3) is 2.71. The van der Waals surface area contributed by atoms with Crippen LogP contribution in [0.4, 0.5) is 4.39 Å². The molecule has 1 aromatic carbocycles. The van der Waals surface area contributed by atoms with Crippen molar-refractivity contribution in [1.29, 1.82) is 0 Å². The Kier molecular flexibility index (Phi) is 4.06. The van der Waals surface area contributed by atoms with Crippen molar-refractivity contribution in [3.63, 3.8) is 0 Å². The van der Waals surface area contributed by atoms with E-state index in [1.807, 2.05) is 0 Å². The van der Waals surface area contributed by atoms with Crippen LogP contribution in [0, 0.1) is 5.82 Å². The molecule has 1 aromatic heterocycles. The standard InChI is InChI=1S/C12H14FN3O2S/c1-3-16-11(18)14-15-12(16)19-10-8(7(2)17)5-4-6-9(10)13/h4-7,17H,3H2,1-2H3,(H,14,18)/t7-/m0/s1. The second-order valence-electron chi connectivity index (χ2n) is 3.99. The third-order valence-corrected chi connectivity index (χ3v) is 3.81. The second kappa shape index (κ2) is 5.58. The molecule has 0 aliphatic carbocycles. The first kappa shape index (κ1) is 13.8. The monoisotopic (exact) mass is 283 g/mol. The summed E-state index contributed by atoms with van der Waals surface area (Å²) in [6, 6.07) is 4.51. The van der Waals surface area contributed by atoms with Crippen LogP contribution in [0.1, 0.15) is 25.5 Å². The van der Waals surface area contributed by atoms with Gasteiger partial charge in [-0.3, -0.25) is 4.57 Å². The number of nitrogens with zero attached hydrogens (tertiary/aromatic N) is 2. The van der Waals surface area contributed by atoms with E-state index in [1.54, 1.807) is 26.0 Å². The molecule has 0 unspecified atom stereocenters. The molecule has 1 heterocycles. The van der Waals surface area contributed by atoms with Gasteiger partial charge < -0.3 is 5.11 Å². The maximum absolute atomic E-state index is 13.9. The second-order valence-corrected chi connectivity index (χ2v) is 4.97. The Morgan fingerprint density at radius 2 is 2.32 bits per heavy atom. The molecule has 19 heavy (non-hydrogen) atoms. The van der Waals surface area contributed by atoms with Gasteiger partial charge in [-0.15, -0.1) is 5.10 Å². The molecular weight excluding hydrogens is 269 g/mol. The number of hydrogen-bond donors (Lipinski definition) is 2. The minimum absolute atomic E-state index is 0.284. The van der Waals surface area contributed by atoms with Crippen molar-refractivity contribution in [1.82, 2.24) is 14.8 Å². The summed E-state index contributed by atoms with van der Waals surface area (Å²) in [5, 5.41) is 16.2. The Balaban J connectivity index is 2.46. The molecular formula is C12H14FN3O2S. The highest BCUT2D eigenvalue weighted by Gasteiger charge is 2.17. The molecule has 0 radical (unpaired) electrons. The van der Waals surface area contributed by atoms with Crippen molar-refractivity contribution in [2.75, 3.05) is 0 Å². The van der Waals surface area contributed by atoms with E-state index < -0.39 is 11.9 Å². The Labute approximate surface area is 113 Å². The highest BCUT2D eigenvalue weighted by molar-refractivity contribution is 7.99. The van der Waals surface area contributed by atoms with Crippen molar-refractivity contribution in [3.05, 3.63) is 40.1 Å². The molecule has 0 aliphatic heterocycles. The van der Waals surface area contributed by atoms with Crippen LogP contribution in [-0.2, 0) is 6.54 Å². The van der Waals surface area contributed by atoms with Crippen molar-refractivity contribution in [3.8, 4) is 0 Å². The Bertz CT molecular complexity index is 636. The van der Waals surface area contributed by atoms with Gasteiger partial charge in [0.25, 0.3) is 0 Å². The fraction of sp³-hybridized carbons (Fsp3) is 0.333. The number of benzene rings is 1. The summed E-state index contributed by atoms with van der Waals surface area (Å²) in [6.45, 7) is 3.81. The van der Waals surface area contributed by atoms with Gasteiger partial charge in [-0.25, -0.2) is 14.3 Å². The smallest absolute Gasteiger partial charge is 0.343 e. The molecule has 0 bridgehead atoms. The highest BCUT2D eigenvalue weighted by atomic mass is 32.2. The lowest BCUT2D eigenvalue weighted by molar-refractivity contribution is 0.195. The number of aliphatic hydroxyl groups is 1. The van der Waals surface area contributed by atoms with Gasteiger partial charge in [0.1, 0.15) is 5.82 Å². The van der Waals surface area contributed by atoms with Crippen LogP contribution < -0.4 is 5.69 Å². The molecule has 0 saturated heterocycles. The van der Waals surface area contributed by atoms with Crippen LogP contribution in [0.3, 0.4) is 0 Å². The SMILES string of the molecule is CCn1c(Sc2c(F)cccc2[C@H](C)O)n[nH]c1=O. The van der Waals surface area contributed by atoms with Crippen molar-refractivity contribution in [2.45, 2.75) is 36.5 Å². The number of rotatable bonds is 4. The molecule has 1 atom stereocenters. The van der Waals surface area contributed by atoms with Crippen LogP contribution in [0.15, 0.2) is 33.0 Å². The normalized spacial score (nSPS) is 12.6. The summed E-state index contributed by atoms with van der Waals surface area (Å²) >= 11 is 1.03. The number of halogens is 1.